The molecule has 2 nitrogen and oxygen atoms in total. The van der Waals surface area contributed by atoms with Crippen LogP contribution in [0, 0.1) is 6.92 Å². The average Bonchev–Trinajstić information content (AvgIpc) is 2.29. The second-order valence-corrected chi connectivity index (χ2v) is 4.78. The summed E-state index contributed by atoms with van der Waals surface area (Å²) in [5.41, 5.74) is 0.793. The van der Waals surface area contributed by atoms with Gasteiger partial charge < -0.3 is 4.90 Å². The zero-order valence-electron chi connectivity index (χ0n) is 10.1. The molecule has 0 heterocycles. The maximum Gasteiger partial charge on any atom is 0.406 e. The molecule has 0 atom stereocenters. The van der Waals surface area contributed by atoms with Crippen molar-refractivity contribution in [3.63, 3.8) is 0 Å². The smallest absolute Gasteiger partial charge is 0.328 e. The molecule has 1 aromatic rings. The molecule has 0 radical (unpaired) electrons. The number of aryl methyl sites for hydroxylation is 1. The molecule has 106 valence electrons. The van der Waals surface area contributed by atoms with E-state index < -0.39 is 18.6 Å². The standard InChI is InChI=1S/C12H12Cl2F3NO/c1-8-6-9(2-3-10(8)14)11(19)18(5-4-13)7-12(15,16)17/h2-3,6H,4-5,7H2,1H3. The molecular weight excluding hydrogens is 302 g/mol. The normalized spacial score (nSPS) is 11.5. The lowest BCUT2D eigenvalue weighted by atomic mass is 10.1. The van der Waals surface area contributed by atoms with Gasteiger partial charge in [-0.25, -0.2) is 0 Å². The van der Waals surface area contributed by atoms with Crippen molar-refractivity contribution in [3.05, 3.63) is 34.3 Å². The highest BCUT2D eigenvalue weighted by Crippen LogP contribution is 2.20. The Balaban J connectivity index is 2.95. The molecule has 1 amide bonds. The lowest BCUT2D eigenvalue weighted by molar-refractivity contribution is -0.140. The summed E-state index contributed by atoms with van der Waals surface area (Å²) in [7, 11) is 0. The summed E-state index contributed by atoms with van der Waals surface area (Å²) in [4.78, 5) is 12.7. The highest BCUT2D eigenvalue weighted by molar-refractivity contribution is 6.31. The number of rotatable bonds is 4. The van der Waals surface area contributed by atoms with Crippen LogP contribution in [0.15, 0.2) is 18.2 Å². The van der Waals surface area contributed by atoms with Gasteiger partial charge in [0.2, 0.25) is 0 Å². The molecule has 0 aliphatic carbocycles. The topological polar surface area (TPSA) is 20.3 Å². The Labute approximate surface area is 119 Å². The fraction of sp³-hybridized carbons (Fsp3) is 0.417. The van der Waals surface area contributed by atoms with E-state index in [1.54, 1.807) is 6.92 Å². The van der Waals surface area contributed by atoms with Gasteiger partial charge in [-0.3, -0.25) is 4.79 Å². The van der Waals surface area contributed by atoms with E-state index in [0.717, 1.165) is 0 Å². The van der Waals surface area contributed by atoms with Crippen LogP contribution < -0.4 is 0 Å². The molecule has 0 saturated carbocycles. The minimum absolute atomic E-state index is 0.0611. The molecule has 7 heteroatoms. The third-order valence-corrected chi connectivity index (χ3v) is 3.01. The van der Waals surface area contributed by atoms with Gasteiger partial charge in [0.25, 0.3) is 5.91 Å². The third-order valence-electron chi connectivity index (χ3n) is 2.42. The van der Waals surface area contributed by atoms with E-state index in [9.17, 15) is 18.0 Å². The molecule has 1 rings (SSSR count). The van der Waals surface area contributed by atoms with E-state index in [-0.39, 0.29) is 18.0 Å². The lowest BCUT2D eigenvalue weighted by Crippen LogP contribution is -2.40. The van der Waals surface area contributed by atoms with E-state index in [0.29, 0.717) is 15.5 Å². The number of alkyl halides is 4. The summed E-state index contributed by atoms with van der Waals surface area (Å²) in [6, 6.07) is 4.34. The van der Waals surface area contributed by atoms with Gasteiger partial charge in [-0.05, 0) is 30.7 Å². The predicted molar refractivity (Wildman–Crippen MR) is 68.9 cm³/mol. The molecule has 1 aromatic carbocycles. The summed E-state index contributed by atoms with van der Waals surface area (Å²) in [6.07, 6.45) is -4.46. The maximum atomic E-state index is 12.4. The van der Waals surface area contributed by atoms with Crippen molar-refractivity contribution >= 4 is 29.1 Å². The molecular formula is C12H12Cl2F3NO. The van der Waals surface area contributed by atoms with Gasteiger partial charge in [0.15, 0.2) is 0 Å². The van der Waals surface area contributed by atoms with Crippen LogP contribution in [0.5, 0.6) is 0 Å². The predicted octanol–water partition coefficient (Wildman–Crippen LogP) is 3.89. The van der Waals surface area contributed by atoms with E-state index in [1.807, 2.05) is 0 Å². The van der Waals surface area contributed by atoms with Gasteiger partial charge in [0.1, 0.15) is 6.54 Å². The molecule has 0 saturated heterocycles. The number of benzene rings is 1. The first-order valence-corrected chi connectivity index (χ1v) is 6.34. The fourth-order valence-corrected chi connectivity index (χ4v) is 1.85. The number of nitrogens with zero attached hydrogens (tertiary/aromatic N) is 1. The molecule has 0 spiro atoms. The van der Waals surface area contributed by atoms with Gasteiger partial charge >= 0.3 is 6.18 Å². The Bertz CT molecular complexity index is 463. The number of carbonyl (C=O) groups is 1. The second-order valence-electron chi connectivity index (χ2n) is 3.99. The van der Waals surface area contributed by atoms with Crippen molar-refractivity contribution in [2.24, 2.45) is 0 Å². The average molecular weight is 314 g/mol. The largest absolute Gasteiger partial charge is 0.406 e. The quantitative estimate of drug-likeness (QED) is 0.772. The first-order valence-electron chi connectivity index (χ1n) is 5.42. The molecule has 0 fully saturated rings. The van der Waals surface area contributed by atoms with Gasteiger partial charge in [-0.1, -0.05) is 11.6 Å². The molecule has 0 unspecified atom stereocenters. The first-order chi connectivity index (χ1) is 8.74. The van der Waals surface area contributed by atoms with Crippen molar-refractivity contribution in [2.45, 2.75) is 13.1 Å². The van der Waals surface area contributed by atoms with Gasteiger partial charge in [-0.2, -0.15) is 13.2 Å². The van der Waals surface area contributed by atoms with Crippen LogP contribution in [-0.4, -0.2) is 36.0 Å². The van der Waals surface area contributed by atoms with Gasteiger partial charge in [-0.15, -0.1) is 11.6 Å². The third kappa shape index (κ3) is 4.91. The zero-order chi connectivity index (χ0) is 14.6. The summed E-state index contributed by atoms with van der Waals surface area (Å²) < 4.78 is 37.2. The molecule has 19 heavy (non-hydrogen) atoms. The minimum Gasteiger partial charge on any atom is -0.328 e. The molecule has 0 aromatic heterocycles. The van der Waals surface area contributed by atoms with Crippen LogP contribution in [0.25, 0.3) is 0 Å². The monoisotopic (exact) mass is 313 g/mol. The second kappa shape index (κ2) is 6.48. The van der Waals surface area contributed by atoms with E-state index in [4.69, 9.17) is 23.2 Å². The Morgan fingerprint density at radius 3 is 2.47 bits per heavy atom. The number of hydrogen-bond donors (Lipinski definition) is 0. The van der Waals surface area contributed by atoms with E-state index in [2.05, 4.69) is 0 Å². The summed E-state index contributed by atoms with van der Waals surface area (Å²) in [5.74, 6) is -0.772. The highest BCUT2D eigenvalue weighted by atomic mass is 35.5. The number of amides is 1. The summed E-state index contributed by atoms with van der Waals surface area (Å²) in [6.45, 7) is 0.191. The minimum atomic E-state index is -4.46. The van der Waals surface area contributed by atoms with Crippen molar-refractivity contribution in [1.29, 1.82) is 0 Å². The Morgan fingerprint density at radius 2 is 2.00 bits per heavy atom. The zero-order valence-corrected chi connectivity index (χ0v) is 11.6. The highest BCUT2D eigenvalue weighted by Gasteiger charge is 2.33. The SMILES string of the molecule is Cc1cc(C(=O)N(CCCl)CC(F)(F)F)ccc1Cl. The summed E-state index contributed by atoms with van der Waals surface area (Å²) >= 11 is 11.2. The van der Waals surface area contributed by atoms with Crippen LogP contribution in [0.3, 0.4) is 0 Å². The van der Waals surface area contributed by atoms with Crippen molar-refractivity contribution < 1.29 is 18.0 Å². The van der Waals surface area contributed by atoms with E-state index in [1.165, 1.54) is 18.2 Å². The fourth-order valence-electron chi connectivity index (χ4n) is 1.53. The number of carbonyl (C=O) groups excluding carboxylic acids is 1. The first kappa shape index (κ1) is 16.1. The molecule has 0 aliphatic heterocycles. The Morgan fingerprint density at radius 1 is 1.37 bits per heavy atom. The van der Waals surface area contributed by atoms with Crippen molar-refractivity contribution in [1.82, 2.24) is 4.90 Å². The van der Waals surface area contributed by atoms with Crippen LogP contribution >= 0.6 is 23.2 Å². The van der Waals surface area contributed by atoms with Crippen molar-refractivity contribution in [3.8, 4) is 0 Å². The van der Waals surface area contributed by atoms with Crippen molar-refractivity contribution in [2.75, 3.05) is 19.0 Å². The Hall–Kier alpha value is -0.940. The van der Waals surface area contributed by atoms with Crippen LogP contribution in [0.4, 0.5) is 13.2 Å². The van der Waals surface area contributed by atoms with Crippen LogP contribution in [0.2, 0.25) is 5.02 Å². The van der Waals surface area contributed by atoms with Crippen LogP contribution in [-0.2, 0) is 0 Å². The molecule has 0 bridgehead atoms. The number of hydrogen-bond acceptors (Lipinski definition) is 1. The summed E-state index contributed by atoms with van der Waals surface area (Å²) in [5, 5.41) is 0.455. The lowest BCUT2D eigenvalue weighted by Gasteiger charge is -2.23. The molecule has 0 aliphatic rings. The number of halogens is 5. The maximum absolute atomic E-state index is 12.4. The van der Waals surface area contributed by atoms with Gasteiger partial charge in [0.05, 0.1) is 0 Å². The molecule has 0 N–H and O–H groups in total. The Kier molecular flexibility index (Phi) is 5.50. The van der Waals surface area contributed by atoms with E-state index >= 15 is 0 Å². The van der Waals surface area contributed by atoms with Crippen LogP contribution in [0.1, 0.15) is 15.9 Å². The van der Waals surface area contributed by atoms with Gasteiger partial charge in [0, 0.05) is 23.0 Å².